The van der Waals surface area contributed by atoms with Crippen molar-refractivity contribution in [2.75, 3.05) is 25.1 Å². The number of carbonyl (C=O) groups is 3. The molecule has 41 heavy (non-hydrogen) atoms. The van der Waals surface area contributed by atoms with E-state index in [2.05, 4.69) is 33.5 Å². The zero-order valence-electron chi connectivity index (χ0n) is 23.4. The maximum absolute atomic E-state index is 14.4. The normalized spacial score (nSPS) is 28.8. The molecule has 3 amide bonds. The average molecular weight is 645 g/mol. The SMILES string of the molecule is CCCCNC(=O)C1N([C@@H](CO)Cc2ccccc2)C(=O)[C@@H]2[C@@H](C(=O)Nc3ccc(OCC)cc3)[C@@H]3SC12CC3Br. The number of aliphatic hydroxyl groups is 1. The van der Waals surface area contributed by atoms with Gasteiger partial charge in [0.2, 0.25) is 17.7 Å². The lowest BCUT2D eigenvalue weighted by molar-refractivity contribution is -0.142. The van der Waals surface area contributed by atoms with Gasteiger partial charge in [-0.25, -0.2) is 0 Å². The lowest BCUT2D eigenvalue weighted by atomic mass is 9.70. The molecule has 3 aliphatic rings. The number of likely N-dealkylation sites (tertiary alicyclic amines) is 1. The standard InChI is InChI=1S/C31H38BrN3O5S/c1-3-5-15-33-29(38)27-31-17-23(32)26(41-31)24(28(37)34-20-11-13-22(14-12-20)40-4-2)25(31)30(39)35(27)21(18-36)16-19-9-7-6-8-10-19/h6-14,21,23-27,36H,3-5,15-18H2,1-2H3,(H,33,38)(H,34,37)/t21-,23?,24-,25+,26-,27?,31?/m1/s1. The number of nitrogens with one attached hydrogen (secondary N) is 2. The van der Waals surface area contributed by atoms with Gasteiger partial charge in [0.25, 0.3) is 0 Å². The van der Waals surface area contributed by atoms with Gasteiger partial charge in [-0.15, -0.1) is 11.8 Å². The summed E-state index contributed by atoms with van der Waals surface area (Å²) < 4.78 is 4.75. The molecule has 3 saturated heterocycles. The van der Waals surface area contributed by atoms with Crippen molar-refractivity contribution < 1.29 is 24.2 Å². The first kappa shape index (κ1) is 29.9. The van der Waals surface area contributed by atoms with Crippen LogP contribution in [-0.4, -0.2) is 74.4 Å². The molecule has 8 nitrogen and oxygen atoms in total. The number of aliphatic hydroxyl groups excluding tert-OH is 1. The van der Waals surface area contributed by atoms with Gasteiger partial charge in [-0.05, 0) is 56.0 Å². The van der Waals surface area contributed by atoms with Crippen LogP contribution in [0.4, 0.5) is 5.69 Å². The maximum Gasteiger partial charge on any atom is 0.244 e. The quantitative estimate of drug-likeness (QED) is 0.238. The predicted octanol–water partition coefficient (Wildman–Crippen LogP) is 4.01. The van der Waals surface area contributed by atoms with Crippen molar-refractivity contribution in [2.24, 2.45) is 11.8 Å². The van der Waals surface area contributed by atoms with Gasteiger partial charge < -0.3 is 25.4 Å². The molecule has 3 unspecified atom stereocenters. The molecule has 0 radical (unpaired) electrons. The Morgan fingerprint density at radius 3 is 2.54 bits per heavy atom. The fraction of sp³-hybridized carbons (Fsp3) is 0.516. The largest absolute Gasteiger partial charge is 0.494 e. The Bertz CT molecular complexity index is 1250. The molecule has 7 atom stereocenters. The fourth-order valence-electron chi connectivity index (χ4n) is 6.71. The minimum absolute atomic E-state index is 0.0276. The number of carbonyl (C=O) groups excluding carboxylic acids is 3. The van der Waals surface area contributed by atoms with Gasteiger partial charge in [-0.2, -0.15) is 0 Å². The minimum Gasteiger partial charge on any atom is -0.494 e. The van der Waals surface area contributed by atoms with Gasteiger partial charge in [0.15, 0.2) is 0 Å². The van der Waals surface area contributed by atoms with E-state index < -0.39 is 28.7 Å². The van der Waals surface area contributed by atoms with Gasteiger partial charge in [0, 0.05) is 22.3 Å². The number of hydrogen-bond acceptors (Lipinski definition) is 6. The number of alkyl halides is 1. The molecule has 2 bridgehead atoms. The van der Waals surface area contributed by atoms with Crippen molar-refractivity contribution in [3.05, 3.63) is 60.2 Å². The summed E-state index contributed by atoms with van der Waals surface area (Å²) >= 11 is 5.41. The molecular weight excluding hydrogens is 606 g/mol. The molecular formula is C31H38BrN3O5S. The van der Waals surface area contributed by atoms with Crippen LogP contribution in [0.15, 0.2) is 54.6 Å². The Kier molecular flexibility index (Phi) is 9.30. The number of ether oxygens (including phenoxy) is 1. The fourth-order valence-corrected chi connectivity index (χ4v) is 10.3. The Morgan fingerprint density at radius 2 is 1.88 bits per heavy atom. The molecule has 0 saturated carbocycles. The van der Waals surface area contributed by atoms with E-state index in [-0.39, 0.29) is 34.4 Å². The van der Waals surface area contributed by atoms with Crippen LogP contribution >= 0.6 is 27.7 Å². The Morgan fingerprint density at radius 1 is 1.15 bits per heavy atom. The van der Waals surface area contributed by atoms with Gasteiger partial charge in [0.05, 0.1) is 35.8 Å². The molecule has 10 heteroatoms. The summed E-state index contributed by atoms with van der Waals surface area (Å²) in [6, 6.07) is 15.5. The van der Waals surface area contributed by atoms with Crippen LogP contribution in [0.2, 0.25) is 0 Å². The van der Waals surface area contributed by atoms with Crippen LogP contribution in [-0.2, 0) is 20.8 Å². The van der Waals surface area contributed by atoms with Crippen LogP contribution in [0.25, 0.3) is 0 Å². The second kappa shape index (κ2) is 12.8. The second-order valence-electron chi connectivity index (χ2n) is 11.0. The number of benzene rings is 2. The van der Waals surface area contributed by atoms with Gasteiger partial charge in [-0.3, -0.25) is 14.4 Å². The molecule has 220 valence electrons. The predicted molar refractivity (Wildman–Crippen MR) is 164 cm³/mol. The van der Waals surface area contributed by atoms with E-state index >= 15 is 0 Å². The number of anilines is 1. The summed E-state index contributed by atoms with van der Waals surface area (Å²) in [5, 5.41) is 16.5. The number of fused-ring (bicyclic) bond motifs is 1. The molecule has 2 aromatic carbocycles. The summed E-state index contributed by atoms with van der Waals surface area (Å²) in [5.74, 6) is -1.23. The van der Waals surface area contributed by atoms with Crippen LogP contribution in [0.1, 0.15) is 38.7 Å². The summed E-state index contributed by atoms with van der Waals surface area (Å²) in [5.41, 5.74) is 1.60. The molecule has 0 aromatic heterocycles. The van der Waals surface area contributed by atoms with Crippen molar-refractivity contribution in [1.29, 1.82) is 0 Å². The molecule has 3 fully saturated rings. The number of hydrogen-bond donors (Lipinski definition) is 3. The van der Waals surface area contributed by atoms with Crippen LogP contribution < -0.4 is 15.4 Å². The Balaban J connectivity index is 1.47. The summed E-state index contributed by atoms with van der Waals surface area (Å²) in [6.45, 7) is 4.76. The highest BCUT2D eigenvalue weighted by atomic mass is 79.9. The van der Waals surface area contributed by atoms with E-state index in [0.717, 1.165) is 18.4 Å². The van der Waals surface area contributed by atoms with Gasteiger partial charge in [0.1, 0.15) is 11.8 Å². The van der Waals surface area contributed by atoms with Crippen LogP contribution in [0.3, 0.4) is 0 Å². The summed E-state index contributed by atoms with van der Waals surface area (Å²) in [6.07, 6.45) is 2.78. The van der Waals surface area contributed by atoms with E-state index in [1.807, 2.05) is 37.3 Å². The lowest BCUT2D eigenvalue weighted by Gasteiger charge is -2.37. The zero-order chi connectivity index (χ0) is 29.1. The molecule has 2 aromatic rings. The number of rotatable bonds is 12. The molecule has 3 aliphatic heterocycles. The molecule has 0 aliphatic carbocycles. The topological polar surface area (TPSA) is 108 Å². The number of nitrogens with zero attached hydrogens (tertiary/aromatic N) is 1. The van der Waals surface area contributed by atoms with Crippen LogP contribution in [0, 0.1) is 11.8 Å². The van der Waals surface area contributed by atoms with Crippen molar-refractivity contribution in [3.8, 4) is 5.75 Å². The lowest BCUT2D eigenvalue weighted by Crippen LogP contribution is -2.57. The third kappa shape index (κ3) is 5.62. The highest BCUT2D eigenvalue weighted by Crippen LogP contribution is 2.68. The molecule has 3 heterocycles. The first-order valence-electron chi connectivity index (χ1n) is 14.4. The number of unbranched alkanes of at least 4 members (excludes halogenated alkanes) is 1. The van der Waals surface area contributed by atoms with E-state index in [0.29, 0.717) is 37.4 Å². The summed E-state index contributed by atoms with van der Waals surface area (Å²) in [4.78, 5) is 43.8. The monoisotopic (exact) mass is 643 g/mol. The zero-order valence-corrected chi connectivity index (χ0v) is 25.8. The van der Waals surface area contributed by atoms with Crippen molar-refractivity contribution >= 4 is 51.1 Å². The first-order valence-corrected chi connectivity index (χ1v) is 16.2. The van der Waals surface area contributed by atoms with E-state index in [9.17, 15) is 19.5 Å². The number of thioether (sulfide) groups is 1. The smallest absolute Gasteiger partial charge is 0.244 e. The van der Waals surface area contributed by atoms with E-state index in [1.54, 1.807) is 40.9 Å². The Hall–Kier alpha value is -2.56. The third-order valence-corrected chi connectivity index (χ3v) is 11.7. The molecule has 3 N–H and O–H groups in total. The van der Waals surface area contributed by atoms with E-state index in [4.69, 9.17) is 4.74 Å². The second-order valence-corrected chi connectivity index (χ2v) is 13.7. The molecule has 1 spiro atoms. The number of halogens is 1. The van der Waals surface area contributed by atoms with Crippen molar-refractivity contribution in [3.63, 3.8) is 0 Å². The van der Waals surface area contributed by atoms with Gasteiger partial charge >= 0.3 is 0 Å². The number of amides is 3. The van der Waals surface area contributed by atoms with Crippen molar-refractivity contribution in [2.45, 2.75) is 66.4 Å². The summed E-state index contributed by atoms with van der Waals surface area (Å²) in [7, 11) is 0. The first-order chi connectivity index (χ1) is 19.8. The Labute approximate surface area is 254 Å². The highest BCUT2D eigenvalue weighted by Gasteiger charge is 2.76. The highest BCUT2D eigenvalue weighted by molar-refractivity contribution is 9.09. The minimum atomic E-state index is -0.781. The molecule has 5 rings (SSSR count). The van der Waals surface area contributed by atoms with Crippen LogP contribution in [0.5, 0.6) is 5.75 Å². The average Bonchev–Trinajstić information content (AvgIpc) is 3.57. The maximum atomic E-state index is 14.4. The van der Waals surface area contributed by atoms with Crippen molar-refractivity contribution in [1.82, 2.24) is 10.2 Å². The third-order valence-electron chi connectivity index (χ3n) is 8.46. The van der Waals surface area contributed by atoms with Gasteiger partial charge in [-0.1, -0.05) is 59.6 Å². The van der Waals surface area contributed by atoms with E-state index in [1.165, 1.54) is 0 Å².